The van der Waals surface area contributed by atoms with E-state index in [4.69, 9.17) is 21.3 Å². The van der Waals surface area contributed by atoms with Gasteiger partial charge in [-0.2, -0.15) is 0 Å². The van der Waals surface area contributed by atoms with Gasteiger partial charge in [-0.3, -0.25) is 33.3 Å². The van der Waals surface area contributed by atoms with Crippen LogP contribution in [0.4, 0.5) is 0 Å². The molecule has 18 nitrogen and oxygen atoms in total. The highest BCUT2D eigenvalue weighted by Crippen LogP contribution is 2.39. The van der Waals surface area contributed by atoms with Crippen molar-refractivity contribution in [3.05, 3.63) is 18.2 Å². The Labute approximate surface area is 291 Å². The second-order valence-corrected chi connectivity index (χ2v) is 14.3. The summed E-state index contributed by atoms with van der Waals surface area (Å²) in [6, 6.07) is -3.28. The molecule has 1 aliphatic rings. The van der Waals surface area contributed by atoms with Gasteiger partial charge in [0.2, 0.25) is 23.6 Å². The lowest BCUT2D eigenvalue weighted by molar-refractivity contribution is -0.138. The molecule has 0 aromatic carbocycles. The Hall–Kier alpha value is -3.54. The number of Topliss-reactive ketones (excluding diaryl/α,β-unsaturated/α-hetero) is 2. The normalized spacial score (nSPS) is 17.9. The zero-order chi connectivity index (χ0) is 37.8. The average molecular weight is 730 g/mol. The zero-order valence-corrected chi connectivity index (χ0v) is 29.9. The number of phosphoric ester groups is 1. The molecule has 1 aromatic rings. The highest BCUT2D eigenvalue weighted by molar-refractivity contribution is 7.46. The van der Waals surface area contributed by atoms with Crippen molar-refractivity contribution in [2.75, 3.05) is 19.7 Å². The van der Waals surface area contributed by atoms with Gasteiger partial charge in [0.15, 0.2) is 11.6 Å². The number of nitrogens with two attached hydrogens (primary N) is 2. The third-order valence-corrected chi connectivity index (χ3v) is 9.20. The molecule has 50 heavy (non-hydrogen) atoms. The highest BCUT2D eigenvalue weighted by atomic mass is 31.2. The number of carbonyl (C=O) groups excluding carboxylic acids is 6. The van der Waals surface area contributed by atoms with E-state index in [9.17, 15) is 38.4 Å². The third-order valence-electron chi connectivity index (χ3n) is 8.59. The topological polar surface area (TPSA) is 287 Å². The van der Waals surface area contributed by atoms with Gasteiger partial charge in [0, 0.05) is 51.2 Å². The summed E-state index contributed by atoms with van der Waals surface area (Å²) < 4.78 is 17.6. The third kappa shape index (κ3) is 13.3. The molecule has 282 valence electrons. The Morgan fingerprint density at radius 3 is 2.30 bits per heavy atom. The van der Waals surface area contributed by atoms with Crippen LogP contribution in [0, 0.1) is 17.8 Å². The maximum Gasteiger partial charge on any atom is 0.469 e. The molecule has 2 heterocycles. The number of phosphoric acid groups is 1. The lowest BCUT2D eigenvalue weighted by Crippen LogP contribution is -2.52. The number of aliphatic hydroxyl groups excluding tert-OH is 1. The minimum Gasteiger partial charge on any atom is -0.394 e. The van der Waals surface area contributed by atoms with Gasteiger partial charge in [0.05, 0.1) is 36.9 Å². The number of ketones is 2. The monoisotopic (exact) mass is 729 g/mol. The molecule has 4 amide bonds. The number of hydrogen-bond donors (Lipinski definition) is 7. The van der Waals surface area contributed by atoms with Crippen molar-refractivity contribution in [3.63, 3.8) is 0 Å². The van der Waals surface area contributed by atoms with E-state index in [1.165, 1.54) is 18.0 Å². The fraction of sp³-hybridized carbons (Fsp3) is 0.710. The lowest BCUT2D eigenvalue weighted by Gasteiger charge is -2.27. The van der Waals surface area contributed by atoms with Gasteiger partial charge in [-0.15, -0.1) is 0 Å². The number of primary amides is 1. The largest absolute Gasteiger partial charge is 0.469 e. The number of rotatable bonds is 22. The number of nitrogens with zero attached hydrogens (tertiary/aromatic N) is 3. The van der Waals surface area contributed by atoms with Crippen molar-refractivity contribution in [2.45, 2.75) is 103 Å². The molecular weight excluding hydrogens is 677 g/mol. The number of amides is 4. The van der Waals surface area contributed by atoms with Crippen LogP contribution in [-0.4, -0.2) is 108 Å². The van der Waals surface area contributed by atoms with E-state index < -0.39 is 86.2 Å². The van der Waals surface area contributed by atoms with Crippen LogP contribution in [0.15, 0.2) is 12.5 Å². The Bertz CT molecular complexity index is 1400. The van der Waals surface area contributed by atoms with E-state index in [0.29, 0.717) is 44.6 Å². The number of aliphatic hydroxyl groups is 1. The number of likely N-dealkylation sites (tertiary alicyclic amines) is 1. The average Bonchev–Trinajstić information content (AvgIpc) is 3.69. The molecule has 0 bridgehead atoms. The van der Waals surface area contributed by atoms with E-state index >= 15 is 0 Å². The molecule has 19 heteroatoms. The van der Waals surface area contributed by atoms with Crippen LogP contribution in [0.5, 0.6) is 0 Å². The number of hydrogen-bond acceptors (Lipinski definition) is 11. The van der Waals surface area contributed by atoms with Crippen molar-refractivity contribution in [2.24, 2.45) is 29.2 Å². The van der Waals surface area contributed by atoms with Gasteiger partial charge in [0.25, 0.3) is 0 Å². The van der Waals surface area contributed by atoms with Crippen molar-refractivity contribution < 1.29 is 52.7 Å². The SMILES string of the molecule is CC(=O)N1CCC[C@H]1C(=O)N[C@@H](CC(C)C)C(=O)C[C@@H](Cc1cncn1CCCN)C(=O)N[C@@H](CO)C(=O)C[C@H](C(N)=O)[C@@H](C)OP(=O)(O)O. The molecule has 0 saturated carbocycles. The summed E-state index contributed by atoms with van der Waals surface area (Å²) in [5.41, 5.74) is 11.6. The van der Waals surface area contributed by atoms with Crippen LogP contribution in [-0.2, 0) is 50.8 Å². The minimum atomic E-state index is -5.05. The van der Waals surface area contributed by atoms with Gasteiger partial charge in [-0.05, 0) is 45.1 Å². The fourth-order valence-electron chi connectivity index (χ4n) is 5.97. The Balaban J connectivity index is 2.34. The summed E-state index contributed by atoms with van der Waals surface area (Å²) in [6.07, 6.45) is 2.42. The van der Waals surface area contributed by atoms with E-state index in [2.05, 4.69) is 20.1 Å². The Morgan fingerprint density at radius 2 is 1.74 bits per heavy atom. The van der Waals surface area contributed by atoms with E-state index in [0.717, 1.165) is 6.92 Å². The zero-order valence-electron chi connectivity index (χ0n) is 29.0. The Kier molecular flexibility index (Phi) is 16.8. The molecule has 9 N–H and O–H groups in total. The second-order valence-electron chi connectivity index (χ2n) is 13.1. The first-order chi connectivity index (χ1) is 23.4. The summed E-state index contributed by atoms with van der Waals surface area (Å²) >= 11 is 0. The van der Waals surface area contributed by atoms with Gasteiger partial charge >= 0.3 is 7.82 Å². The van der Waals surface area contributed by atoms with Crippen molar-refractivity contribution >= 4 is 43.0 Å². The molecule has 0 aliphatic carbocycles. The first-order valence-electron chi connectivity index (χ1n) is 16.6. The molecule has 0 unspecified atom stereocenters. The molecule has 6 atom stereocenters. The van der Waals surface area contributed by atoms with E-state index in [1.54, 1.807) is 10.9 Å². The van der Waals surface area contributed by atoms with Crippen molar-refractivity contribution in [1.29, 1.82) is 0 Å². The predicted octanol–water partition coefficient (Wildman–Crippen LogP) is -1.07. The van der Waals surface area contributed by atoms with Crippen LogP contribution in [0.1, 0.15) is 71.9 Å². The second kappa shape index (κ2) is 19.7. The smallest absolute Gasteiger partial charge is 0.394 e. The number of imidazole rings is 1. The van der Waals surface area contributed by atoms with Crippen molar-refractivity contribution in [3.8, 4) is 0 Å². The molecule has 1 aliphatic heterocycles. The van der Waals surface area contributed by atoms with E-state index in [1.807, 2.05) is 13.8 Å². The minimum absolute atomic E-state index is 0.0192. The fourth-order valence-corrected chi connectivity index (χ4v) is 6.55. The van der Waals surface area contributed by atoms with Crippen LogP contribution >= 0.6 is 7.82 Å². The predicted molar refractivity (Wildman–Crippen MR) is 178 cm³/mol. The lowest BCUT2D eigenvalue weighted by atomic mass is 9.89. The van der Waals surface area contributed by atoms with Crippen molar-refractivity contribution in [1.82, 2.24) is 25.1 Å². The Morgan fingerprint density at radius 1 is 1.08 bits per heavy atom. The molecular formula is C31H52N7O11P. The first kappa shape index (κ1) is 42.6. The summed E-state index contributed by atoms with van der Waals surface area (Å²) in [7, 11) is -5.05. The standard InChI is InChI=1S/C31H52N7O11P/c1-18(2)11-24(35-31(45)26-7-5-10-38(26)20(4)40)27(41)13-21(12-22-15-34-17-37(22)9-6-8-32)30(44)36-25(16-39)28(42)14-23(29(33)43)19(3)49-50(46,47)48/h15,17-19,21,23-26,39H,5-14,16,32H2,1-4H3,(H2,33,43)(H,35,45)(H,36,44)(H2,46,47,48)/t19-,21-,23+,24+,25+,26+/m1/s1. The van der Waals surface area contributed by atoms with Gasteiger partial charge in [0.1, 0.15) is 12.1 Å². The molecule has 0 radical (unpaired) electrons. The van der Waals surface area contributed by atoms with Crippen LogP contribution in [0.3, 0.4) is 0 Å². The summed E-state index contributed by atoms with van der Waals surface area (Å²) in [6.45, 7) is 6.65. The van der Waals surface area contributed by atoms with Crippen LogP contribution in [0.25, 0.3) is 0 Å². The number of aromatic nitrogens is 2. The summed E-state index contributed by atoms with van der Waals surface area (Å²) in [4.78, 5) is 102. The number of nitrogens with one attached hydrogen (secondary N) is 2. The van der Waals surface area contributed by atoms with Crippen LogP contribution in [0.2, 0.25) is 0 Å². The quantitative estimate of drug-likeness (QED) is 0.0701. The van der Waals surface area contributed by atoms with Gasteiger partial charge < -0.3 is 46.5 Å². The van der Waals surface area contributed by atoms with Gasteiger partial charge in [-0.25, -0.2) is 9.55 Å². The first-order valence-corrected chi connectivity index (χ1v) is 18.2. The maximum atomic E-state index is 13.9. The summed E-state index contributed by atoms with van der Waals surface area (Å²) in [5, 5.41) is 15.3. The molecule has 1 aromatic heterocycles. The maximum absolute atomic E-state index is 13.9. The van der Waals surface area contributed by atoms with E-state index in [-0.39, 0.29) is 31.1 Å². The number of carbonyl (C=O) groups is 6. The molecule has 1 fully saturated rings. The molecule has 2 rings (SSSR count). The van der Waals surface area contributed by atoms with Crippen LogP contribution < -0.4 is 22.1 Å². The number of aryl methyl sites for hydroxylation is 1. The summed E-state index contributed by atoms with van der Waals surface area (Å²) in [5.74, 6) is -6.60. The molecule has 1 saturated heterocycles. The highest BCUT2D eigenvalue weighted by Gasteiger charge is 2.37. The molecule has 0 spiro atoms. The van der Waals surface area contributed by atoms with Gasteiger partial charge in [-0.1, -0.05) is 13.8 Å².